The molecule has 9 heteroatoms. The molecule has 1 aliphatic carbocycles. The Bertz CT molecular complexity index is 1000. The largest absolute Gasteiger partial charge is 0.481 e. The number of rotatable bonds is 16. The summed E-state index contributed by atoms with van der Waals surface area (Å²) in [5.74, 6) is -3.02. The normalized spacial score (nSPS) is 20.2. The molecule has 8 nitrogen and oxygen atoms in total. The van der Waals surface area contributed by atoms with Crippen LogP contribution in [0.4, 0.5) is 0 Å². The molecule has 0 aliphatic heterocycles. The van der Waals surface area contributed by atoms with Gasteiger partial charge in [0.25, 0.3) is 0 Å². The van der Waals surface area contributed by atoms with Crippen LogP contribution in [0.5, 0.6) is 0 Å². The quantitative estimate of drug-likeness (QED) is 0.129. The van der Waals surface area contributed by atoms with Gasteiger partial charge in [-0.05, 0) is 54.8 Å². The number of ether oxygens (including phenoxy) is 3. The Hall–Kier alpha value is -1.77. The molecule has 262 valence electrons. The predicted molar refractivity (Wildman–Crippen MR) is 181 cm³/mol. The number of esters is 3. The highest BCUT2D eigenvalue weighted by molar-refractivity contribution is 8.00. The first-order chi connectivity index (χ1) is 20.3. The fraction of sp³-hybridized carbons (Fsp3) is 0.889. The summed E-state index contributed by atoms with van der Waals surface area (Å²) in [5, 5.41) is 9.68. The molecular weight excluding hydrogens is 592 g/mol. The third kappa shape index (κ3) is 13.5. The van der Waals surface area contributed by atoms with Gasteiger partial charge in [0.05, 0.1) is 23.7 Å². The van der Waals surface area contributed by atoms with Gasteiger partial charge in [-0.2, -0.15) is 11.8 Å². The van der Waals surface area contributed by atoms with Gasteiger partial charge in [0.1, 0.15) is 13.2 Å². The van der Waals surface area contributed by atoms with Crippen LogP contribution >= 0.6 is 11.8 Å². The third-order valence-electron chi connectivity index (χ3n) is 9.73. The van der Waals surface area contributed by atoms with Crippen molar-refractivity contribution in [3.63, 3.8) is 0 Å². The van der Waals surface area contributed by atoms with Gasteiger partial charge in [-0.1, -0.05) is 95.9 Å². The minimum atomic E-state index is -1.04. The Kier molecular flexibility index (Phi) is 15.0. The summed E-state index contributed by atoms with van der Waals surface area (Å²) >= 11 is 1.73. The lowest BCUT2D eigenvalue weighted by molar-refractivity contribution is -0.179. The molecule has 0 aromatic carbocycles. The second-order valence-electron chi connectivity index (χ2n) is 17.2. The average molecular weight is 657 g/mol. The van der Waals surface area contributed by atoms with Gasteiger partial charge in [0.2, 0.25) is 0 Å². The molecule has 0 aromatic rings. The van der Waals surface area contributed by atoms with Crippen molar-refractivity contribution in [2.24, 2.45) is 39.4 Å². The minimum absolute atomic E-state index is 0.0201. The first-order valence-electron chi connectivity index (χ1n) is 16.7. The molecule has 0 aromatic heterocycles. The van der Waals surface area contributed by atoms with Crippen LogP contribution in [-0.4, -0.2) is 58.8 Å². The molecule has 1 N–H and O–H groups in total. The summed E-state index contributed by atoms with van der Waals surface area (Å²) in [4.78, 5) is 51.4. The Balaban J connectivity index is 2.99. The van der Waals surface area contributed by atoms with E-state index in [0.717, 1.165) is 19.3 Å². The van der Waals surface area contributed by atoms with Crippen molar-refractivity contribution in [3.05, 3.63) is 0 Å². The first kappa shape index (κ1) is 41.3. The summed E-state index contributed by atoms with van der Waals surface area (Å²) in [6.45, 7) is 26.9. The predicted octanol–water partition coefficient (Wildman–Crippen LogP) is 8.34. The molecule has 4 unspecified atom stereocenters. The Morgan fingerprint density at radius 2 is 1.33 bits per heavy atom. The summed E-state index contributed by atoms with van der Waals surface area (Å²) in [7, 11) is 0. The lowest BCUT2D eigenvalue weighted by atomic mass is 9.61. The zero-order chi connectivity index (χ0) is 35.0. The first-order valence-corrected chi connectivity index (χ1v) is 17.7. The average Bonchev–Trinajstić information content (AvgIpc) is 2.87. The lowest BCUT2D eigenvalue weighted by Crippen LogP contribution is -2.45. The van der Waals surface area contributed by atoms with Crippen LogP contribution in [0.3, 0.4) is 0 Å². The van der Waals surface area contributed by atoms with E-state index in [2.05, 4.69) is 62.3 Å². The number of carboxylic acids is 1. The van der Waals surface area contributed by atoms with E-state index in [9.17, 15) is 24.3 Å². The molecule has 0 bridgehead atoms. The molecule has 4 atom stereocenters. The summed E-state index contributed by atoms with van der Waals surface area (Å²) in [5.41, 5.74) is -1.23. The second-order valence-corrected chi connectivity index (χ2v) is 19.0. The van der Waals surface area contributed by atoms with E-state index in [1.165, 1.54) is 0 Å². The van der Waals surface area contributed by atoms with Crippen LogP contribution in [0, 0.1) is 39.4 Å². The van der Waals surface area contributed by atoms with E-state index in [1.807, 2.05) is 27.7 Å². The van der Waals surface area contributed by atoms with Crippen LogP contribution in [0.15, 0.2) is 0 Å². The van der Waals surface area contributed by atoms with Crippen LogP contribution in [0.2, 0.25) is 0 Å². The molecule has 0 saturated heterocycles. The molecule has 1 rings (SSSR count). The smallest absolute Gasteiger partial charge is 0.312 e. The van der Waals surface area contributed by atoms with E-state index in [0.29, 0.717) is 30.9 Å². The molecular formula is C36H64O8S. The second kappa shape index (κ2) is 16.4. The molecule has 1 saturated carbocycles. The summed E-state index contributed by atoms with van der Waals surface area (Å²) in [6.07, 6.45) is 3.01. The zero-order valence-corrected chi connectivity index (χ0v) is 31.4. The van der Waals surface area contributed by atoms with E-state index in [1.54, 1.807) is 11.8 Å². The van der Waals surface area contributed by atoms with Crippen molar-refractivity contribution in [1.82, 2.24) is 0 Å². The fourth-order valence-corrected chi connectivity index (χ4v) is 7.42. The maximum Gasteiger partial charge on any atom is 0.312 e. The fourth-order valence-electron chi connectivity index (χ4n) is 6.13. The minimum Gasteiger partial charge on any atom is -0.481 e. The Morgan fingerprint density at radius 3 is 1.82 bits per heavy atom. The van der Waals surface area contributed by atoms with E-state index in [4.69, 9.17) is 14.2 Å². The van der Waals surface area contributed by atoms with Gasteiger partial charge in [-0.25, -0.2) is 0 Å². The monoisotopic (exact) mass is 656 g/mol. The summed E-state index contributed by atoms with van der Waals surface area (Å²) in [6, 6.07) is 0. The van der Waals surface area contributed by atoms with Gasteiger partial charge in [-0.15, -0.1) is 0 Å². The third-order valence-corrected chi connectivity index (χ3v) is 11.1. The van der Waals surface area contributed by atoms with Crippen LogP contribution < -0.4 is 0 Å². The molecule has 1 aliphatic rings. The highest BCUT2D eigenvalue weighted by atomic mass is 32.2. The van der Waals surface area contributed by atoms with Crippen molar-refractivity contribution in [2.45, 2.75) is 146 Å². The number of hydrogen-bond donors (Lipinski definition) is 1. The van der Waals surface area contributed by atoms with E-state index >= 15 is 0 Å². The van der Waals surface area contributed by atoms with Gasteiger partial charge in [0.15, 0.2) is 6.10 Å². The standard InChI is InChI=1S/C36H64O8S/c1-24(2)34(9,10)23-35(11,12)45-19-18-28(37)42-20-25(44-30(40)27-17-15-14-16-26(27)29(38)39)21-43-31(41)36(13,33(6,7)8)22-32(3,4)5/h24-27H,14-23H2,1-13H3,(H,38,39). The zero-order valence-electron chi connectivity index (χ0n) is 30.6. The molecule has 45 heavy (non-hydrogen) atoms. The van der Waals surface area contributed by atoms with Crippen molar-refractivity contribution in [2.75, 3.05) is 19.0 Å². The van der Waals surface area contributed by atoms with Crippen LogP contribution in [-0.2, 0) is 33.4 Å². The van der Waals surface area contributed by atoms with Gasteiger partial charge in [0, 0.05) is 10.5 Å². The number of carbonyl (C=O) groups is 4. The van der Waals surface area contributed by atoms with E-state index < -0.39 is 52.6 Å². The number of aliphatic carboxylic acids is 1. The van der Waals surface area contributed by atoms with Crippen molar-refractivity contribution in [3.8, 4) is 0 Å². The Labute approximate surface area is 277 Å². The Morgan fingerprint density at radius 1 is 0.800 bits per heavy atom. The molecule has 0 radical (unpaired) electrons. The number of carbonyl (C=O) groups excluding carboxylic acids is 3. The van der Waals surface area contributed by atoms with Crippen LogP contribution in [0.25, 0.3) is 0 Å². The van der Waals surface area contributed by atoms with Gasteiger partial charge in [-0.3, -0.25) is 19.2 Å². The maximum atomic E-state index is 13.6. The molecule has 0 amide bonds. The summed E-state index contributed by atoms with van der Waals surface area (Å²) < 4.78 is 17.1. The highest BCUT2D eigenvalue weighted by Crippen LogP contribution is 2.47. The van der Waals surface area contributed by atoms with Crippen LogP contribution in [0.1, 0.15) is 135 Å². The van der Waals surface area contributed by atoms with E-state index in [-0.39, 0.29) is 35.2 Å². The number of carboxylic acid groups (broad SMARTS) is 1. The van der Waals surface area contributed by atoms with Gasteiger partial charge < -0.3 is 19.3 Å². The number of thioether (sulfide) groups is 1. The van der Waals surface area contributed by atoms with Crippen molar-refractivity contribution in [1.29, 1.82) is 0 Å². The maximum absolute atomic E-state index is 13.6. The van der Waals surface area contributed by atoms with Crippen molar-refractivity contribution < 1.29 is 38.5 Å². The molecule has 0 spiro atoms. The molecule has 0 heterocycles. The highest BCUT2D eigenvalue weighted by Gasteiger charge is 2.48. The number of hydrogen-bond acceptors (Lipinski definition) is 8. The van der Waals surface area contributed by atoms with Crippen molar-refractivity contribution >= 4 is 35.6 Å². The molecule has 1 fully saturated rings. The van der Waals surface area contributed by atoms with Gasteiger partial charge >= 0.3 is 23.9 Å². The topological polar surface area (TPSA) is 116 Å². The SMILES string of the molecule is CC(C)C(C)(C)CC(C)(C)SCCC(=O)OCC(COC(=O)C(C)(CC(C)(C)C)C(C)(C)C)OC(=O)C1CCCCC1C(=O)O. The lowest BCUT2D eigenvalue weighted by Gasteiger charge is -2.43.